The summed E-state index contributed by atoms with van der Waals surface area (Å²) in [6.07, 6.45) is 3.30. The number of allylic oxidation sites excluding steroid dienone is 1. The van der Waals surface area contributed by atoms with Crippen LogP contribution in [0.5, 0.6) is 5.88 Å². The largest absolute Gasteiger partial charge is 0.494 e. The van der Waals surface area contributed by atoms with Crippen LogP contribution in [0.3, 0.4) is 0 Å². The fraction of sp³-hybridized carbons (Fsp3) is 0. The van der Waals surface area contributed by atoms with Gasteiger partial charge >= 0.3 is 0 Å². The number of hydrogen-bond acceptors (Lipinski definition) is 4. The molecule has 2 N–H and O–H groups in total. The van der Waals surface area contributed by atoms with Crippen LogP contribution >= 0.6 is 12.2 Å². The molecule has 1 aliphatic rings. The van der Waals surface area contributed by atoms with Gasteiger partial charge in [0.2, 0.25) is 5.88 Å². The van der Waals surface area contributed by atoms with Gasteiger partial charge in [0.1, 0.15) is 5.56 Å². The zero-order chi connectivity index (χ0) is 17.4. The highest BCUT2D eigenvalue weighted by atomic mass is 32.1. The van der Waals surface area contributed by atoms with E-state index in [1.807, 2.05) is 42.5 Å². The van der Waals surface area contributed by atoms with Crippen LogP contribution in [0.15, 0.2) is 64.4 Å². The highest BCUT2D eigenvalue weighted by Gasteiger charge is 2.16. The second-order valence-electron chi connectivity index (χ2n) is 5.54. The van der Waals surface area contributed by atoms with Crippen LogP contribution in [0.1, 0.15) is 11.1 Å². The Balaban J connectivity index is 1.93. The maximum atomic E-state index is 12.4. The van der Waals surface area contributed by atoms with Crippen molar-refractivity contribution in [1.29, 1.82) is 0 Å². The van der Waals surface area contributed by atoms with Crippen LogP contribution in [0.2, 0.25) is 0 Å². The second kappa shape index (κ2) is 5.99. The fourth-order valence-electron chi connectivity index (χ4n) is 2.79. The number of aromatic amines is 1. The number of H-pyrrole nitrogens is 1. The molecule has 25 heavy (non-hydrogen) atoms. The lowest BCUT2D eigenvalue weighted by Crippen LogP contribution is -2.16. The summed E-state index contributed by atoms with van der Waals surface area (Å²) >= 11 is 5.21. The number of aromatic hydroxyl groups is 1. The minimum Gasteiger partial charge on any atom is -0.494 e. The Bertz CT molecular complexity index is 1140. The molecule has 0 amide bonds. The van der Waals surface area contributed by atoms with Crippen molar-refractivity contribution in [1.82, 2.24) is 9.55 Å². The third kappa shape index (κ3) is 2.62. The molecule has 0 saturated heterocycles. The lowest BCUT2D eigenvalue weighted by Gasteiger charge is -2.11. The van der Waals surface area contributed by atoms with E-state index in [0.717, 1.165) is 16.8 Å². The summed E-state index contributed by atoms with van der Waals surface area (Å²) in [6, 6.07) is 16.8. The summed E-state index contributed by atoms with van der Waals surface area (Å²) in [5.74, 6) is -0.203. The van der Waals surface area contributed by atoms with Crippen molar-refractivity contribution in [3.05, 3.63) is 80.8 Å². The van der Waals surface area contributed by atoms with Gasteiger partial charge in [0.05, 0.1) is 11.4 Å². The van der Waals surface area contributed by atoms with Crippen LogP contribution in [0, 0.1) is 4.77 Å². The van der Waals surface area contributed by atoms with Crippen molar-refractivity contribution in [2.75, 3.05) is 0 Å². The average molecular weight is 347 g/mol. The van der Waals surface area contributed by atoms with Gasteiger partial charge in [-0.3, -0.25) is 19.3 Å². The highest BCUT2D eigenvalue weighted by molar-refractivity contribution is 7.71. The molecule has 5 nitrogen and oxygen atoms in total. The van der Waals surface area contributed by atoms with Crippen molar-refractivity contribution < 1.29 is 5.11 Å². The highest BCUT2D eigenvalue weighted by Crippen LogP contribution is 2.33. The Labute approximate surface area is 148 Å². The molecule has 6 heteroatoms. The van der Waals surface area contributed by atoms with E-state index in [1.54, 1.807) is 24.4 Å². The van der Waals surface area contributed by atoms with Crippen molar-refractivity contribution in [2.24, 2.45) is 4.99 Å². The number of benzene rings is 2. The summed E-state index contributed by atoms with van der Waals surface area (Å²) in [6.45, 7) is 0. The smallest absolute Gasteiger partial charge is 0.262 e. The SMILES string of the molecule is O=c1[nH]c(=S)n(-c2ccccc2)c(O)c1/C=C1\C=Nc2ccccc21. The zero-order valence-corrected chi connectivity index (χ0v) is 13.8. The first-order valence-electron chi connectivity index (χ1n) is 7.64. The van der Waals surface area contributed by atoms with Gasteiger partial charge in [0.25, 0.3) is 5.56 Å². The van der Waals surface area contributed by atoms with Gasteiger partial charge in [-0.2, -0.15) is 0 Å². The molecule has 2 heterocycles. The maximum absolute atomic E-state index is 12.4. The van der Waals surface area contributed by atoms with E-state index in [2.05, 4.69) is 9.98 Å². The van der Waals surface area contributed by atoms with E-state index >= 15 is 0 Å². The van der Waals surface area contributed by atoms with Crippen molar-refractivity contribution in [2.45, 2.75) is 0 Å². The van der Waals surface area contributed by atoms with Crippen molar-refractivity contribution in [3.63, 3.8) is 0 Å². The molecule has 0 saturated carbocycles. The van der Waals surface area contributed by atoms with E-state index < -0.39 is 5.56 Å². The molecule has 0 spiro atoms. The number of nitrogens with zero attached hydrogens (tertiary/aromatic N) is 2. The minimum absolute atomic E-state index is 0.135. The van der Waals surface area contributed by atoms with Crippen LogP contribution < -0.4 is 5.56 Å². The monoisotopic (exact) mass is 347 g/mol. The molecule has 1 aromatic heterocycles. The number of para-hydroxylation sites is 2. The molecule has 2 aromatic carbocycles. The molecule has 3 aromatic rings. The first-order valence-corrected chi connectivity index (χ1v) is 8.05. The Morgan fingerprint density at radius 2 is 1.80 bits per heavy atom. The molecule has 1 aliphatic heterocycles. The van der Waals surface area contributed by atoms with Crippen LogP contribution in [-0.2, 0) is 0 Å². The fourth-order valence-corrected chi connectivity index (χ4v) is 3.08. The molecule has 4 rings (SSSR count). The molecule has 0 unspecified atom stereocenters. The number of rotatable bonds is 2. The maximum Gasteiger partial charge on any atom is 0.262 e. The number of nitrogens with one attached hydrogen (secondary N) is 1. The number of aliphatic imine (C=N–C) groups is 1. The molecular formula is C19H13N3O2S. The van der Waals surface area contributed by atoms with Crippen LogP contribution in [-0.4, -0.2) is 20.9 Å². The van der Waals surface area contributed by atoms with Crippen LogP contribution in [0.25, 0.3) is 17.3 Å². The molecule has 0 aliphatic carbocycles. The number of fused-ring (bicyclic) bond motifs is 1. The number of aromatic nitrogens is 2. The van der Waals surface area contributed by atoms with E-state index in [1.165, 1.54) is 4.57 Å². The summed E-state index contributed by atoms with van der Waals surface area (Å²) in [5.41, 5.74) is 2.86. The molecule has 0 fully saturated rings. The molecular weight excluding hydrogens is 334 g/mol. The van der Waals surface area contributed by atoms with Gasteiger partial charge in [-0.05, 0) is 36.5 Å². The third-order valence-corrected chi connectivity index (χ3v) is 4.28. The number of hydrogen-bond donors (Lipinski definition) is 2. The Hall–Kier alpha value is -3.25. The summed E-state index contributed by atoms with van der Waals surface area (Å²) in [4.78, 5) is 19.3. The van der Waals surface area contributed by atoms with Gasteiger partial charge in [0, 0.05) is 17.4 Å². The van der Waals surface area contributed by atoms with E-state index in [4.69, 9.17) is 12.2 Å². The normalized spacial score (nSPS) is 14.0. The summed E-state index contributed by atoms with van der Waals surface area (Å²) in [5, 5.41) is 10.7. The zero-order valence-electron chi connectivity index (χ0n) is 13.0. The molecule has 0 bridgehead atoms. The summed E-state index contributed by atoms with van der Waals surface area (Å²) < 4.78 is 1.57. The quantitative estimate of drug-likeness (QED) is 0.692. The minimum atomic E-state index is -0.444. The van der Waals surface area contributed by atoms with E-state index in [0.29, 0.717) is 5.69 Å². The van der Waals surface area contributed by atoms with E-state index in [9.17, 15) is 9.90 Å². The Morgan fingerprint density at radius 1 is 1.08 bits per heavy atom. The lowest BCUT2D eigenvalue weighted by molar-refractivity contribution is 0.432. The second-order valence-corrected chi connectivity index (χ2v) is 5.93. The molecule has 0 radical (unpaired) electrons. The first-order chi connectivity index (χ1) is 12.1. The Kier molecular flexibility index (Phi) is 3.66. The van der Waals surface area contributed by atoms with Gasteiger partial charge in [0.15, 0.2) is 4.77 Å². The van der Waals surface area contributed by atoms with Gasteiger partial charge in [-0.25, -0.2) is 0 Å². The predicted molar refractivity (Wildman–Crippen MR) is 101 cm³/mol. The molecule has 122 valence electrons. The van der Waals surface area contributed by atoms with Gasteiger partial charge in [-0.15, -0.1) is 0 Å². The van der Waals surface area contributed by atoms with E-state index in [-0.39, 0.29) is 16.2 Å². The van der Waals surface area contributed by atoms with Crippen LogP contribution in [0.4, 0.5) is 5.69 Å². The van der Waals surface area contributed by atoms with Gasteiger partial charge in [-0.1, -0.05) is 36.4 Å². The summed E-state index contributed by atoms with van der Waals surface area (Å²) in [7, 11) is 0. The lowest BCUT2D eigenvalue weighted by atomic mass is 10.1. The average Bonchev–Trinajstić information content (AvgIpc) is 3.02. The predicted octanol–water partition coefficient (Wildman–Crippen LogP) is 3.86. The van der Waals surface area contributed by atoms with Crippen molar-refractivity contribution >= 4 is 35.8 Å². The topological polar surface area (TPSA) is 70.4 Å². The van der Waals surface area contributed by atoms with Crippen molar-refractivity contribution in [3.8, 4) is 11.6 Å². The first kappa shape index (κ1) is 15.3. The third-order valence-electron chi connectivity index (χ3n) is 3.99. The van der Waals surface area contributed by atoms with Gasteiger partial charge < -0.3 is 5.11 Å². The molecule has 0 atom stereocenters. The standard InChI is InChI=1S/C19H13N3O2S/c23-17-15(10-12-11-20-16-9-5-4-8-14(12)16)18(24)22(19(25)21-17)13-6-2-1-3-7-13/h1-11,24H,(H,21,23,25)/b12-10+. The Morgan fingerprint density at radius 3 is 2.60 bits per heavy atom.